The highest BCUT2D eigenvalue weighted by atomic mass is 16.5. The molecule has 5 rings (SSSR count). The predicted octanol–water partition coefficient (Wildman–Crippen LogP) is 3.23. The lowest BCUT2D eigenvalue weighted by Crippen LogP contribution is -2.60. The fourth-order valence-corrected chi connectivity index (χ4v) is 6.48. The second-order valence-corrected chi connectivity index (χ2v) is 12.8. The van der Waals surface area contributed by atoms with Gasteiger partial charge in [0.2, 0.25) is 23.6 Å². The van der Waals surface area contributed by atoms with Gasteiger partial charge in [-0.2, -0.15) is 0 Å². The summed E-state index contributed by atoms with van der Waals surface area (Å²) in [6, 6.07) is 20.9. The molecule has 0 spiro atoms. The summed E-state index contributed by atoms with van der Waals surface area (Å²) in [6.07, 6.45) is 4.15. The van der Waals surface area contributed by atoms with Crippen LogP contribution in [0, 0.1) is 5.92 Å². The molecule has 0 aliphatic carbocycles. The first-order valence-corrected chi connectivity index (χ1v) is 17.2. The summed E-state index contributed by atoms with van der Waals surface area (Å²) in [5, 5.41) is 11.8. The molecule has 1 saturated heterocycles. The number of ether oxygens (including phenoxy) is 2. The van der Waals surface area contributed by atoms with Gasteiger partial charge in [-0.25, -0.2) is 0 Å². The van der Waals surface area contributed by atoms with E-state index in [4.69, 9.17) is 9.47 Å². The number of nitrogens with one attached hydrogen (secondary N) is 4. The zero-order valence-electron chi connectivity index (χ0n) is 29.1. The number of likely N-dealkylation sites (N-methyl/N-ethyl adjacent to an activating group) is 1. The van der Waals surface area contributed by atoms with Gasteiger partial charge in [0.25, 0.3) is 0 Å². The average Bonchev–Trinajstić information content (AvgIpc) is 3.55. The number of benzene rings is 3. The molecule has 2 heterocycles. The summed E-state index contributed by atoms with van der Waals surface area (Å²) in [6.45, 7) is 4.05. The highest BCUT2D eigenvalue weighted by Gasteiger charge is 2.46. The van der Waals surface area contributed by atoms with Gasteiger partial charge in [0.15, 0.2) is 0 Å². The van der Waals surface area contributed by atoms with Crippen molar-refractivity contribution < 1.29 is 28.7 Å². The quantitative estimate of drug-likeness (QED) is 0.244. The Bertz CT molecular complexity index is 1670. The predicted molar refractivity (Wildman–Crippen MR) is 191 cm³/mol. The van der Waals surface area contributed by atoms with E-state index in [-0.39, 0.29) is 30.7 Å². The van der Waals surface area contributed by atoms with E-state index in [9.17, 15) is 19.2 Å². The second kappa shape index (κ2) is 17.0. The number of amides is 4. The molecule has 264 valence electrons. The summed E-state index contributed by atoms with van der Waals surface area (Å²) in [4.78, 5) is 57.6. The van der Waals surface area contributed by atoms with Gasteiger partial charge in [-0.1, -0.05) is 80.9 Å². The van der Waals surface area contributed by atoms with Gasteiger partial charge in [0, 0.05) is 31.1 Å². The number of hydrogen-bond acceptors (Lipinski definition) is 7. The van der Waals surface area contributed by atoms with E-state index in [2.05, 4.69) is 21.3 Å². The Labute approximate surface area is 293 Å². The maximum Gasteiger partial charge on any atom is 0.247 e. The van der Waals surface area contributed by atoms with E-state index in [0.29, 0.717) is 36.3 Å². The van der Waals surface area contributed by atoms with Crippen molar-refractivity contribution in [3.63, 3.8) is 0 Å². The molecule has 2 aliphatic heterocycles. The number of methoxy groups -OCH3 is 1. The van der Waals surface area contributed by atoms with Crippen molar-refractivity contribution in [3.05, 3.63) is 102 Å². The Hall–Kier alpha value is -5.16. The molecular formula is C39H47N5O6. The summed E-state index contributed by atoms with van der Waals surface area (Å²) in [7, 11) is 3.27. The van der Waals surface area contributed by atoms with Gasteiger partial charge in [-0.05, 0) is 54.8 Å². The van der Waals surface area contributed by atoms with Crippen molar-refractivity contribution in [2.24, 2.45) is 5.92 Å². The molecule has 2 aliphatic rings. The third-order valence-electron chi connectivity index (χ3n) is 9.51. The third kappa shape index (κ3) is 8.70. The lowest BCUT2D eigenvalue weighted by Gasteiger charge is -2.33. The van der Waals surface area contributed by atoms with Crippen molar-refractivity contribution >= 4 is 29.7 Å². The number of carbonyl (C=O) groups is 4. The SMILES string of the molecule is CCC(C)[C@@H]1NC(=O)C2[C@H](CCN2C(=O)[C@H](Cc2ccccc2)NC(=O)[C@H](Cc2ccccc2)NC)Oc2ccc(OC)c(c2)/C=C\NC1=O. The van der Waals surface area contributed by atoms with Crippen molar-refractivity contribution in [3.8, 4) is 11.5 Å². The maximum atomic E-state index is 14.6. The van der Waals surface area contributed by atoms with Crippen LogP contribution in [-0.2, 0) is 32.0 Å². The smallest absolute Gasteiger partial charge is 0.247 e. The van der Waals surface area contributed by atoms with Gasteiger partial charge in [0.05, 0.1) is 13.2 Å². The molecule has 3 aromatic rings. The molecule has 3 aromatic carbocycles. The zero-order chi connectivity index (χ0) is 35.6. The minimum Gasteiger partial charge on any atom is -0.496 e. The van der Waals surface area contributed by atoms with Gasteiger partial charge in [0.1, 0.15) is 35.7 Å². The minimum absolute atomic E-state index is 0.203. The van der Waals surface area contributed by atoms with Crippen LogP contribution in [0.1, 0.15) is 43.4 Å². The Morgan fingerprint density at radius 1 is 0.960 bits per heavy atom. The first kappa shape index (κ1) is 36.1. The van der Waals surface area contributed by atoms with E-state index >= 15 is 0 Å². The molecule has 11 nitrogen and oxygen atoms in total. The van der Waals surface area contributed by atoms with Crippen molar-refractivity contribution in [2.45, 2.75) is 69.8 Å². The van der Waals surface area contributed by atoms with E-state index < -0.39 is 42.1 Å². The van der Waals surface area contributed by atoms with Crippen LogP contribution in [0.2, 0.25) is 0 Å². The number of hydrogen-bond donors (Lipinski definition) is 4. The maximum absolute atomic E-state index is 14.6. The van der Waals surface area contributed by atoms with Crippen LogP contribution < -0.4 is 30.7 Å². The summed E-state index contributed by atoms with van der Waals surface area (Å²) < 4.78 is 12.0. The van der Waals surface area contributed by atoms with Crippen LogP contribution in [0.25, 0.3) is 6.08 Å². The van der Waals surface area contributed by atoms with Gasteiger partial charge in [-0.3, -0.25) is 19.2 Å². The molecule has 6 atom stereocenters. The van der Waals surface area contributed by atoms with Gasteiger partial charge < -0.3 is 35.6 Å². The summed E-state index contributed by atoms with van der Waals surface area (Å²) in [5.74, 6) is -0.753. The van der Waals surface area contributed by atoms with Crippen LogP contribution in [-0.4, -0.2) is 79.5 Å². The van der Waals surface area contributed by atoms with E-state index in [1.165, 1.54) is 11.1 Å². The van der Waals surface area contributed by atoms with Crippen molar-refractivity contribution in [1.82, 2.24) is 26.2 Å². The zero-order valence-corrected chi connectivity index (χ0v) is 29.1. The number of likely N-dealkylation sites (tertiary alicyclic amines) is 1. The van der Waals surface area contributed by atoms with E-state index in [0.717, 1.165) is 11.1 Å². The topological polar surface area (TPSA) is 138 Å². The number of rotatable bonds is 11. The van der Waals surface area contributed by atoms with Crippen LogP contribution >= 0.6 is 0 Å². The first-order valence-electron chi connectivity index (χ1n) is 17.2. The number of carbonyl (C=O) groups excluding carboxylic acids is 4. The highest BCUT2D eigenvalue weighted by Crippen LogP contribution is 2.30. The fourth-order valence-electron chi connectivity index (χ4n) is 6.48. The van der Waals surface area contributed by atoms with Gasteiger partial charge in [-0.15, -0.1) is 0 Å². The van der Waals surface area contributed by atoms with Crippen LogP contribution in [0.15, 0.2) is 85.1 Å². The van der Waals surface area contributed by atoms with Crippen LogP contribution in [0.3, 0.4) is 0 Å². The Morgan fingerprint density at radius 2 is 1.62 bits per heavy atom. The lowest BCUT2D eigenvalue weighted by molar-refractivity contribution is -0.144. The number of fused-ring (bicyclic) bond motifs is 3. The second-order valence-electron chi connectivity index (χ2n) is 12.8. The van der Waals surface area contributed by atoms with Crippen molar-refractivity contribution in [2.75, 3.05) is 20.7 Å². The summed E-state index contributed by atoms with van der Waals surface area (Å²) in [5.41, 5.74) is 2.50. The van der Waals surface area contributed by atoms with E-state index in [1.54, 1.807) is 38.4 Å². The molecule has 0 radical (unpaired) electrons. The normalized spacial score (nSPS) is 21.4. The minimum atomic E-state index is -1.07. The number of nitrogens with zero attached hydrogens (tertiary/aromatic N) is 1. The highest BCUT2D eigenvalue weighted by molar-refractivity contribution is 5.96. The molecule has 4 amide bonds. The van der Waals surface area contributed by atoms with Crippen molar-refractivity contribution in [1.29, 1.82) is 0 Å². The Kier molecular flexibility index (Phi) is 12.3. The van der Waals surface area contributed by atoms with Crippen LogP contribution in [0.4, 0.5) is 0 Å². The molecular weight excluding hydrogens is 634 g/mol. The molecule has 50 heavy (non-hydrogen) atoms. The lowest BCUT2D eigenvalue weighted by atomic mass is 9.97. The Morgan fingerprint density at radius 3 is 2.24 bits per heavy atom. The summed E-state index contributed by atoms with van der Waals surface area (Å²) >= 11 is 0. The standard InChI is InChI=1S/C39H47N5O6/c1-5-25(2)34-37(46)41-20-18-28-24-29(16-17-32(28)49-4)50-33-19-21-44(35(33)38(47)43-34)39(48)31(23-27-14-10-7-11-15-27)42-36(45)30(40-3)22-26-12-8-6-9-13-26/h6-18,20,24-25,30-31,33-35,40H,5,19,21-23H2,1-4H3,(H,41,46)(H,42,45)(H,43,47)/b20-18-/t25?,30-,31-,33-,34-,35?/m0/s1. The molecule has 11 heteroatoms. The Balaban J connectivity index is 1.48. The fraction of sp³-hybridized carbons (Fsp3) is 0.385. The molecule has 0 saturated carbocycles. The molecule has 4 N–H and O–H groups in total. The third-order valence-corrected chi connectivity index (χ3v) is 9.51. The molecule has 2 unspecified atom stereocenters. The molecule has 0 aromatic heterocycles. The van der Waals surface area contributed by atoms with E-state index in [1.807, 2.05) is 74.5 Å². The van der Waals surface area contributed by atoms with Gasteiger partial charge >= 0.3 is 0 Å². The molecule has 1 fully saturated rings. The monoisotopic (exact) mass is 681 g/mol. The average molecular weight is 682 g/mol. The van der Waals surface area contributed by atoms with Crippen LogP contribution in [0.5, 0.6) is 11.5 Å². The largest absolute Gasteiger partial charge is 0.496 e. The first-order chi connectivity index (χ1) is 24.2. The molecule has 2 bridgehead atoms.